The number of nitro benzene ring substituents is 1. The lowest BCUT2D eigenvalue weighted by Crippen LogP contribution is -2.19. The van der Waals surface area contributed by atoms with Gasteiger partial charge in [0.1, 0.15) is 5.69 Å². The summed E-state index contributed by atoms with van der Waals surface area (Å²) in [4.78, 5) is 26.4. The highest BCUT2D eigenvalue weighted by Crippen LogP contribution is 2.34. The van der Waals surface area contributed by atoms with E-state index in [0.29, 0.717) is 17.7 Å². The van der Waals surface area contributed by atoms with E-state index in [-0.39, 0.29) is 16.4 Å². The topological polar surface area (TPSA) is 63.5 Å². The van der Waals surface area contributed by atoms with Crippen LogP contribution >= 0.6 is 0 Å². The van der Waals surface area contributed by atoms with E-state index in [1.54, 1.807) is 6.07 Å². The van der Waals surface area contributed by atoms with Gasteiger partial charge in [0.15, 0.2) is 5.78 Å². The van der Waals surface area contributed by atoms with Crippen LogP contribution in [-0.2, 0) is 6.42 Å². The van der Waals surface area contributed by atoms with Crippen molar-refractivity contribution in [2.45, 2.75) is 39.5 Å². The average molecular weight is 376 g/mol. The van der Waals surface area contributed by atoms with Crippen LogP contribution in [0.3, 0.4) is 0 Å². The zero-order valence-corrected chi connectivity index (χ0v) is 16.3. The first-order valence-corrected chi connectivity index (χ1v) is 9.83. The molecule has 1 saturated heterocycles. The van der Waals surface area contributed by atoms with Crippen molar-refractivity contribution in [2.75, 3.05) is 18.0 Å². The van der Waals surface area contributed by atoms with Gasteiger partial charge < -0.3 is 4.90 Å². The van der Waals surface area contributed by atoms with E-state index in [4.69, 9.17) is 0 Å². The molecule has 4 rings (SSSR count). The molecule has 1 heterocycles. The van der Waals surface area contributed by atoms with Gasteiger partial charge in [-0.15, -0.1) is 0 Å². The Balaban J connectivity index is 1.70. The third-order valence-corrected chi connectivity index (χ3v) is 5.78. The first-order chi connectivity index (χ1) is 13.4. The molecule has 0 atom stereocenters. The maximum absolute atomic E-state index is 13.0. The van der Waals surface area contributed by atoms with Crippen molar-refractivity contribution >= 4 is 23.2 Å². The minimum atomic E-state index is -0.319. The van der Waals surface area contributed by atoms with E-state index < -0.39 is 0 Å². The summed E-state index contributed by atoms with van der Waals surface area (Å²) in [7, 11) is 0. The SMILES string of the molecule is Cc1cc(C)c2c(c1)C(=O)/C(=C/c1ccc(N3CCCC3)c([N+](=O)[O-])c1)CC2. The smallest absolute Gasteiger partial charge is 0.293 e. The van der Waals surface area contributed by atoms with Crippen molar-refractivity contribution in [3.63, 3.8) is 0 Å². The Morgan fingerprint density at radius 3 is 2.54 bits per heavy atom. The van der Waals surface area contributed by atoms with Crippen molar-refractivity contribution in [2.24, 2.45) is 0 Å². The van der Waals surface area contributed by atoms with Gasteiger partial charge in [-0.2, -0.15) is 0 Å². The van der Waals surface area contributed by atoms with Crippen LogP contribution in [0, 0.1) is 24.0 Å². The summed E-state index contributed by atoms with van der Waals surface area (Å²) in [6.07, 6.45) is 5.44. The van der Waals surface area contributed by atoms with Crippen LogP contribution < -0.4 is 4.90 Å². The number of ketones is 1. The van der Waals surface area contributed by atoms with Crippen LogP contribution in [0.1, 0.15) is 51.9 Å². The van der Waals surface area contributed by atoms with E-state index in [0.717, 1.165) is 60.2 Å². The first kappa shape index (κ1) is 18.4. The summed E-state index contributed by atoms with van der Waals surface area (Å²) < 4.78 is 0. The number of fused-ring (bicyclic) bond motifs is 1. The highest BCUT2D eigenvalue weighted by atomic mass is 16.6. The highest BCUT2D eigenvalue weighted by molar-refractivity contribution is 6.13. The van der Waals surface area contributed by atoms with Gasteiger partial charge >= 0.3 is 0 Å². The molecule has 5 nitrogen and oxygen atoms in total. The fourth-order valence-electron chi connectivity index (χ4n) is 4.42. The Hall–Kier alpha value is -2.95. The molecular formula is C23H24N2O3. The fraction of sp³-hybridized carbons (Fsp3) is 0.348. The highest BCUT2D eigenvalue weighted by Gasteiger charge is 2.25. The zero-order chi connectivity index (χ0) is 19.8. The summed E-state index contributed by atoms with van der Waals surface area (Å²) in [5.41, 5.74) is 6.38. The second-order valence-electron chi connectivity index (χ2n) is 7.81. The molecule has 5 heteroatoms. The van der Waals surface area contributed by atoms with Gasteiger partial charge in [-0.25, -0.2) is 0 Å². The average Bonchev–Trinajstić information content (AvgIpc) is 3.19. The Morgan fingerprint density at radius 2 is 1.82 bits per heavy atom. The number of nitro groups is 1. The maximum Gasteiger partial charge on any atom is 0.293 e. The van der Waals surface area contributed by atoms with Gasteiger partial charge in [-0.05, 0) is 74.4 Å². The molecule has 0 amide bonds. The minimum absolute atomic E-state index is 0.0410. The lowest BCUT2D eigenvalue weighted by molar-refractivity contribution is -0.384. The largest absolute Gasteiger partial charge is 0.366 e. The third kappa shape index (κ3) is 3.33. The predicted molar refractivity (Wildman–Crippen MR) is 111 cm³/mol. The number of hydrogen-bond donors (Lipinski definition) is 0. The second kappa shape index (κ2) is 7.23. The summed E-state index contributed by atoms with van der Waals surface area (Å²) in [6, 6.07) is 9.38. The van der Waals surface area contributed by atoms with Gasteiger partial charge in [0, 0.05) is 30.3 Å². The standard InChI is InChI=1S/C23H24N2O3/c1-15-11-16(2)19-7-6-18(23(26)20(19)12-15)13-17-5-8-21(22(14-17)25(27)28)24-9-3-4-10-24/h5,8,11-14H,3-4,6-7,9-10H2,1-2H3/b18-13+. The van der Waals surface area contributed by atoms with Crippen molar-refractivity contribution in [3.8, 4) is 0 Å². The molecule has 0 unspecified atom stereocenters. The zero-order valence-electron chi connectivity index (χ0n) is 16.3. The van der Waals surface area contributed by atoms with Crippen molar-refractivity contribution in [1.29, 1.82) is 0 Å². The lowest BCUT2D eigenvalue weighted by Gasteiger charge is -2.21. The number of allylic oxidation sites excluding steroid dienone is 1. The molecule has 28 heavy (non-hydrogen) atoms. The van der Waals surface area contributed by atoms with E-state index in [1.807, 2.05) is 38.1 Å². The number of rotatable bonds is 3. The quantitative estimate of drug-likeness (QED) is 0.428. The molecule has 0 spiro atoms. The molecule has 2 aromatic carbocycles. The van der Waals surface area contributed by atoms with Crippen molar-refractivity contribution in [3.05, 3.63) is 73.8 Å². The summed E-state index contributed by atoms with van der Waals surface area (Å²) in [5.74, 6) is 0.0410. The third-order valence-electron chi connectivity index (χ3n) is 5.78. The monoisotopic (exact) mass is 376 g/mol. The van der Waals surface area contributed by atoms with E-state index in [1.165, 1.54) is 0 Å². The van der Waals surface area contributed by atoms with Crippen LogP contribution in [-0.4, -0.2) is 23.8 Å². The molecular weight excluding hydrogens is 352 g/mol. The number of carbonyl (C=O) groups excluding carboxylic acids is 1. The van der Waals surface area contributed by atoms with Crippen LogP contribution in [0.4, 0.5) is 11.4 Å². The Kier molecular flexibility index (Phi) is 4.75. The number of hydrogen-bond acceptors (Lipinski definition) is 4. The Bertz CT molecular complexity index is 1000. The minimum Gasteiger partial charge on any atom is -0.366 e. The summed E-state index contributed by atoms with van der Waals surface area (Å²) in [6.45, 7) is 5.76. The molecule has 0 saturated carbocycles. The number of benzene rings is 2. The number of carbonyl (C=O) groups is 1. The van der Waals surface area contributed by atoms with Gasteiger partial charge in [0.05, 0.1) is 4.92 Å². The molecule has 0 bridgehead atoms. The first-order valence-electron chi connectivity index (χ1n) is 9.83. The molecule has 2 aromatic rings. The molecule has 0 N–H and O–H groups in total. The van der Waals surface area contributed by atoms with E-state index >= 15 is 0 Å². The number of nitrogens with zero attached hydrogens (tertiary/aromatic N) is 2. The van der Waals surface area contributed by atoms with Gasteiger partial charge in [-0.3, -0.25) is 14.9 Å². The van der Waals surface area contributed by atoms with Crippen LogP contribution in [0.5, 0.6) is 0 Å². The van der Waals surface area contributed by atoms with Crippen molar-refractivity contribution < 1.29 is 9.72 Å². The molecule has 1 aliphatic carbocycles. The van der Waals surface area contributed by atoms with Gasteiger partial charge in [0.25, 0.3) is 5.69 Å². The summed E-state index contributed by atoms with van der Waals surface area (Å²) in [5, 5.41) is 11.6. The second-order valence-corrected chi connectivity index (χ2v) is 7.81. The normalized spacial score (nSPS) is 17.9. The molecule has 144 valence electrons. The number of aryl methyl sites for hydroxylation is 2. The maximum atomic E-state index is 13.0. The fourth-order valence-corrected chi connectivity index (χ4v) is 4.42. The Labute approximate surface area is 164 Å². The molecule has 0 aromatic heterocycles. The van der Waals surface area contributed by atoms with E-state index in [2.05, 4.69) is 11.0 Å². The molecule has 1 aliphatic heterocycles. The predicted octanol–water partition coefficient (Wildman–Crippen LogP) is 5.02. The van der Waals surface area contributed by atoms with Crippen LogP contribution in [0.25, 0.3) is 6.08 Å². The van der Waals surface area contributed by atoms with Gasteiger partial charge in [-0.1, -0.05) is 17.7 Å². The van der Waals surface area contributed by atoms with Crippen LogP contribution in [0.15, 0.2) is 35.9 Å². The molecule has 2 aliphatic rings. The lowest BCUT2D eigenvalue weighted by atomic mass is 9.83. The van der Waals surface area contributed by atoms with Crippen LogP contribution in [0.2, 0.25) is 0 Å². The number of Topliss-reactive ketones (excluding diaryl/α,β-unsaturated/α-hetero) is 1. The van der Waals surface area contributed by atoms with E-state index in [9.17, 15) is 14.9 Å². The molecule has 0 radical (unpaired) electrons. The summed E-state index contributed by atoms with van der Waals surface area (Å²) >= 11 is 0. The molecule has 1 fully saturated rings. The Morgan fingerprint density at radius 1 is 1.07 bits per heavy atom. The van der Waals surface area contributed by atoms with Crippen molar-refractivity contribution in [1.82, 2.24) is 0 Å². The van der Waals surface area contributed by atoms with Gasteiger partial charge in [0.2, 0.25) is 0 Å². The number of anilines is 1.